The highest BCUT2D eigenvalue weighted by atomic mass is 19.2. The van der Waals surface area contributed by atoms with Gasteiger partial charge in [-0.25, -0.2) is 13.2 Å². The third-order valence-corrected chi connectivity index (χ3v) is 5.83. The van der Waals surface area contributed by atoms with Gasteiger partial charge in [0.2, 0.25) is 0 Å². The second-order valence-corrected chi connectivity index (χ2v) is 8.12. The SMILES string of the molecule is CCCC1(C)COC(O)(C2CCC(c3cc(F)c(F)c(F)c3)CC2)OC1. The number of aliphatic hydroxyl groups is 1. The molecule has 26 heavy (non-hydrogen) atoms. The van der Waals surface area contributed by atoms with Gasteiger partial charge in [0.15, 0.2) is 17.5 Å². The summed E-state index contributed by atoms with van der Waals surface area (Å²) < 4.78 is 51.5. The third-order valence-electron chi connectivity index (χ3n) is 5.83. The van der Waals surface area contributed by atoms with Crippen LogP contribution < -0.4 is 0 Å². The number of hydrogen-bond acceptors (Lipinski definition) is 3. The molecule has 3 nitrogen and oxygen atoms in total. The molecule has 0 radical (unpaired) electrons. The Labute approximate surface area is 152 Å². The Morgan fingerprint density at radius 3 is 2.08 bits per heavy atom. The molecule has 1 N–H and O–H groups in total. The zero-order valence-electron chi connectivity index (χ0n) is 15.4. The Hall–Kier alpha value is -1.11. The average molecular weight is 372 g/mol. The summed E-state index contributed by atoms with van der Waals surface area (Å²) >= 11 is 0. The Balaban J connectivity index is 1.60. The molecule has 2 fully saturated rings. The van der Waals surface area contributed by atoms with Crippen LogP contribution in [0.5, 0.6) is 0 Å². The molecular weight excluding hydrogens is 345 g/mol. The highest BCUT2D eigenvalue weighted by molar-refractivity contribution is 5.23. The van der Waals surface area contributed by atoms with Crippen molar-refractivity contribution in [1.29, 1.82) is 0 Å². The lowest BCUT2D eigenvalue weighted by Crippen LogP contribution is -2.53. The summed E-state index contributed by atoms with van der Waals surface area (Å²) in [7, 11) is 0. The second kappa shape index (κ2) is 7.49. The Bertz CT molecular complexity index is 610. The predicted molar refractivity (Wildman–Crippen MR) is 90.9 cm³/mol. The lowest BCUT2D eigenvalue weighted by atomic mass is 9.77. The lowest BCUT2D eigenvalue weighted by Gasteiger charge is -2.46. The summed E-state index contributed by atoms with van der Waals surface area (Å²) in [5.74, 6) is -5.58. The fourth-order valence-electron chi connectivity index (χ4n) is 4.22. The topological polar surface area (TPSA) is 38.7 Å². The van der Waals surface area contributed by atoms with Crippen molar-refractivity contribution in [2.45, 2.75) is 64.3 Å². The molecule has 0 aromatic heterocycles. The van der Waals surface area contributed by atoms with Crippen molar-refractivity contribution in [2.75, 3.05) is 13.2 Å². The number of halogens is 3. The Kier molecular flexibility index (Phi) is 5.66. The molecule has 0 atom stereocenters. The van der Waals surface area contributed by atoms with Crippen molar-refractivity contribution in [1.82, 2.24) is 0 Å². The van der Waals surface area contributed by atoms with Crippen LogP contribution in [0, 0.1) is 28.8 Å². The molecule has 0 amide bonds. The van der Waals surface area contributed by atoms with Gasteiger partial charge in [0.05, 0.1) is 13.2 Å². The van der Waals surface area contributed by atoms with E-state index in [9.17, 15) is 18.3 Å². The van der Waals surface area contributed by atoms with Crippen molar-refractivity contribution < 1.29 is 27.8 Å². The molecule has 1 saturated carbocycles. The summed E-state index contributed by atoms with van der Waals surface area (Å²) in [6, 6.07) is 2.14. The van der Waals surface area contributed by atoms with Gasteiger partial charge in [0.25, 0.3) is 5.97 Å². The summed E-state index contributed by atoms with van der Waals surface area (Å²) in [4.78, 5) is 0. The smallest absolute Gasteiger partial charge is 0.283 e. The van der Waals surface area contributed by atoms with E-state index in [0.717, 1.165) is 25.0 Å². The Morgan fingerprint density at radius 1 is 1.04 bits per heavy atom. The largest absolute Gasteiger partial charge is 0.343 e. The minimum absolute atomic E-state index is 0.0617. The summed E-state index contributed by atoms with van der Waals surface area (Å²) in [6.07, 6.45) is 4.50. The number of benzene rings is 1. The minimum Gasteiger partial charge on any atom is -0.343 e. The third kappa shape index (κ3) is 3.92. The van der Waals surface area contributed by atoms with Crippen LogP contribution in [0.3, 0.4) is 0 Å². The second-order valence-electron chi connectivity index (χ2n) is 8.12. The fraction of sp³-hybridized carbons (Fsp3) is 0.700. The standard InChI is InChI=1S/C20H27F3O3/c1-3-8-19(2)11-25-20(24,26-12-19)15-6-4-13(5-7-15)14-9-16(21)18(23)17(22)10-14/h9-10,13,15,24H,3-8,11-12H2,1-2H3. The summed E-state index contributed by atoms with van der Waals surface area (Å²) in [6.45, 7) is 5.09. The van der Waals surface area contributed by atoms with Crippen LogP contribution in [0.2, 0.25) is 0 Å². The van der Waals surface area contributed by atoms with Gasteiger partial charge in [-0.3, -0.25) is 0 Å². The number of ether oxygens (including phenoxy) is 2. The summed E-state index contributed by atoms with van der Waals surface area (Å²) in [5, 5.41) is 10.8. The Morgan fingerprint density at radius 2 is 1.58 bits per heavy atom. The maximum Gasteiger partial charge on any atom is 0.283 e. The van der Waals surface area contributed by atoms with Crippen LogP contribution in [-0.4, -0.2) is 24.3 Å². The van der Waals surface area contributed by atoms with Gasteiger partial charge in [-0.1, -0.05) is 20.3 Å². The van der Waals surface area contributed by atoms with Crippen molar-refractivity contribution in [3.63, 3.8) is 0 Å². The first-order valence-corrected chi connectivity index (χ1v) is 9.41. The molecule has 1 aromatic carbocycles. The molecule has 0 bridgehead atoms. The van der Waals surface area contributed by atoms with Crippen LogP contribution >= 0.6 is 0 Å². The van der Waals surface area contributed by atoms with E-state index in [2.05, 4.69) is 13.8 Å². The number of rotatable bonds is 4. The summed E-state index contributed by atoms with van der Waals surface area (Å²) in [5.41, 5.74) is 0.384. The molecule has 146 valence electrons. The molecule has 0 spiro atoms. The maximum atomic E-state index is 13.5. The molecule has 1 aliphatic heterocycles. The maximum absolute atomic E-state index is 13.5. The first kappa shape index (κ1) is 19.6. The molecule has 2 aliphatic rings. The molecule has 3 rings (SSSR count). The van der Waals surface area contributed by atoms with E-state index in [0.29, 0.717) is 44.5 Å². The monoisotopic (exact) mass is 372 g/mol. The molecule has 6 heteroatoms. The quantitative estimate of drug-likeness (QED) is 0.766. The molecule has 1 heterocycles. The van der Waals surface area contributed by atoms with Gasteiger partial charge in [-0.15, -0.1) is 0 Å². The van der Waals surface area contributed by atoms with Crippen LogP contribution in [0.15, 0.2) is 12.1 Å². The first-order valence-electron chi connectivity index (χ1n) is 9.41. The van der Waals surface area contributed by atoms with Crippen LogP contribution in [-0.2, 0) is 9.47 Å². The van der Waals surface area contributed by atoms with Crippen molar-refractivity contribution >= 4 is 0 Å². The van der Waals surface area contributed by atoms with E-state index in [1.165, 1.54) is 0 Å². The van der Waals surface area contributed by atoms with Gasteiger partial charge in [0.1, 0.15) is 0 Å². The molecule has 0 unspecified atom stereocenters. The normalized spacial score (nSPS) is 35.5. The van der Waals surface area contributed by atoms with Crippen LogP contribution in [0.1, 0.15) is 63.9 Å². The van der Waals surface area contributed by atoms with E-state index in [1.807, 2.05) is 0 Å². The lowest BCUT2D eigenvalue weighted by molar-refractivity contribution is -0.427. The van der Waals surface area contributed by atoms with Gasteiger partial charge >= 0.3 is 0 Å². The molecular formula is C20H27F3O3. The zero-order chi connectivity index (χ0) is 18.9. The molecule has 1 aliphatic carbocycles. The zero-order valence-corrected chi connectivity index (χ0v) is 15.4. The fourth-order valence-corrected chi connectivity index (χ4v) is 4.22. The molecule has 1 saturated heterocycles. The number of hydrogen-bond donors (Lipinski definition) is 1. The van der Waals surface area contributed by atoms with E-state index in [1.54, 1.807) is 0 Å². The van der Waals surface area contributed by atoms with E-state index in [-0.39, 0.29) is 17.3 Å². The first-order chi connectivity index (χ1) is 12.3. The van der Waals surface area contributed by atoms with Crippen molar-refractivity contribution in [2.24, 2.45) is 11.3 Å². The molecule has 1 aromatic rings. The minimum atomic E-state index is -1.59. The van der Waals surface area contributed by atoms with Gasteiger partial charge in [0, 0.05) is 11.3 Å². The van der Waals surface area contributed by atoms with Crippen molar-refractivity contribution in [3.8, 4) is 0 Å². The highest BCUT2D eigenvalue weighted by Gasteiger charge is 2.47. The average Bonchev–Trinajstić information content (AvgIpc) is 2.62. The van der Waals surface area contributed by atoms with Gasteiger partial charge in [-0.2, -0.15) is 0 Å². The van der Waals surface area contributed by atoms with Crippen LogP contribution in [0.25, 0.3) is 0 Å². The highest BCUT2D eigenvalue weighted by Crippen LogP contribution is 2.44. The van der Waals surface area contributed by atoms with Crippen LogP contribution in [0.4, 0.5) is 13.2 Å². The van der Waals surface area contributed by atoms with Gasteiger partial charge in [-0.05, 0) is 55.7 Å². The van der Waals surface area contributed by atoms with E-state index >= 15 is 0 Å². The van der Waals surface area contributed by atoms with Gasteiger partial charge < -0.3 is 14.6 Å². The predicted octanol–water partition coefficient (Wildman–Crippen LogP) is 4.88. The van der Waals surface area contributed by atoms with Crippen molar-refractivity contribution in [3.05, 3.63) is 35.1 Å². The van der Waals surface area contributed by atoms with E-state index < -0.39 is 23.4 Å². The van der Waals surface area contributed by atoms with E-state index in [4.69, 9.17) is 9.47 Å².